The van der Waals surface area contributed by atoms with E-state index < -0.39 is 0 Å². The molecule has 4 nitrogen and oxygen atoms in total. The maximum atomic E-state index is 12.4. The highest BCUT2D eigenvalue weighted by molar-refractivity contribution is 5.98. The third-order valence-corrected chi connectivity index (χ3v) is 3.36. The summed E-state index contributed by atoms with van der Waals surface area (Å²) < 4.78 is 5.13. The third-order valence-electron chi connectivity index (χ3n) is 3.36. The number of allylic oxidation sites excluding steroid dienone is 1. The van der Waals surface area contributed by atoms with Crippen molar-refractivity contribution < 1.29 is 14.6 Å². The van der Waals surface area contributed by atoms with Gasteiger partial charge in [-0.15, -0.1) is 6.58 Å². The summed E-state index contributed by atoms with van der Waals surface area (Å²) in [5.74, 6) is 0.133. The Hall–Kier alpha value is -1.97. The van der Waals surface area contributed by atoms with E-state index in [0.717, 1.165) is 31.5 Å². The molecule has 1 fully saturated rings. The van der Waals surface area contributed by atoms with Gasteiger partial charge in [-0.3, -0.25) is 4.79 Å². The normalized spacial score (nSPS) is 14.5. The van der Waals surface area contributed by atoms with Gasteiger partial charge in [0.15, 0.2) is 11.5 Å². The molecule has 1 amide bonds. The minimum Gasteiger partial charge on any atom is -0.504 e. The fraction of sp³-hybridized carbons (Fsp3) is 0.400. The first-order valence-electron chi connectivity index (χ1n) is 6.47. The summed E-state index contributed by atoms with van der Waals surface area (Å²) in [6.07, 6.45) is 4.44. The molecule has 2 rings (SSSR count). The van der Waals surface area contributed by atoms with Gasteiger partial charge in [0.05, 0.1) is 12.7 Å². The molecule has 0 radical (unpaired) electrons. The average molecular weight is 261 g/mol. The molecule has 1 heterocycles. The molecule has 1 aliphatic rings. The first kappa shape index (κ1) is 13.5. The van der Waals surface area contributed by atoms with Gasteiger partial charge in [-0.25, -0.2) is 0 Å². The summed E-state index contributed by atoms with van der Waals surface area (Å²) in [6, 6.07) is 3.46. The Labute approximate surface area is 113 Å². The average Bonchev–Trinajstić information content (AvgIpc) is 2.94. The summed E-state index contributed by atoms with van der Waals surface area (Å²) >= 11 is 0. The molecule has 4 heteroatoms. The standard InChI is InChI=1S/C15H19NO3/c1-3-6-11-9-12(14(17)13(10-11)19-2)15(18)16-7-4-5-8-16/h3,9-10,17H,1,4-8H2,2H3. The zero-order valence-electron chi connectivity index (χ0n) is 11.2. The summed E-state index contributed by atoms with van der Waals surface area (Å²) in [5.41, 5.74) is 1.23. The number of hydrogen-bond donors (Lipinski definition) is 1. The number of phenolic OH excluding ortho intramolecular Hbond substituents is 1. The molecule has 19 heavy (non-hydrogen) atoms. The number of ether oxygens (including phenoxy) is 1. The van der Waals surface area contributed by atoms with Crippen molar-refractivity contribution in [1.29, 1.82) is 0 Å². The van der Waals surface area contributed by atoms with Crippen molar-refractivity contribution in [3.8, 4) is 11.5 Å². The van der Waals surface area contributed by atoms with Crippen molar-refractivity contribution in [2.75, 3.05) is 20.2 Å². The van der Waals surface area contributed by atoms with Crippen LogP contribution in [-0.2, 0) is 6.42 Å². The van der Waals surface area contributed by atoms with Crippen molar-refractivity contribution in [2.24, 2.45) is 0 Å². The largest absolute Gasteiger partial charge is 0.504 e. The number of methoxy groups -OCH3 is 1. The van der Waals surface area contributed by atoms with Gasteiger partial charge in [-0.2, -0.15) is 0 Å². The molecule has 0 bridgehead atoms. The van der Waals surface area contributed by atoms with Gasteiger partial charge in [0, 0.05) is 13.1 Å². The molecule has 1 N–H and O–H groups in total. The van der Waals surface area contributed by atoms with E-state index in [9.17, 15) is 9.90 Å². The van der Waals surface area contributed by atoms with Crippen LogP contribution in [0.15, 0.2) is 24.8 Å². The minimum atomic E-state index is -0.126. The number of amides is 1. The molecule has 1 aromatic rings. The van der Waals surface area contributed by atoms with Crippen molar-refractivity contribution >= 4 is 5.91 Å². The van der Waals surface area contributed by atoms with Crippen LogP contribution < -0.4 is 4.74 Å². The SMILES string of the molecule is C=CCc1cc(OC)c(O)c(C(=O)N2CCCC2)c1. The molecule has 0 aromatic heterocycles. The molecular formula is C15H19NO3. The number of benzene rings is 1. The maximum absolute atomic E-state index is 12.4. The van der Waals surface area contributed by atoms with Crippen molar-refractivity contribution in [1.82, 2.24) is 4.90 Å². The lowest BCUT2D eigenvalue weighted by Crippen LogP contribution is -2.27. The Morgan fingerprint density at radius 3 is 2.74 bits per heavy atom. The van der Waals surface area contributed by atoms with E-state index >= 15 is 0 Å². The number of hydrogen-bond acceptors (Lipinski definition) is 3. The van der Waals surface area contributed by atoms with Gasteiger partial charge in [-0.1, -0.05) is 6.08 Å². The van der Waals surface area contributed by atoms with Gasteiger partial charge < -0.3 is 14.7 Å². The maximum Gasteiger partial charge on any atom is 0.257 e. The Morgan fingerprint density at radius 2 is 2.16 bits per heavy atom. The highest BCUT2D eigenvalue weighted by Crippen LogP contribution is 2.33. The van der Waals surface area contributed by atoms with Crippen molar-refractivity contribution in [2.45, 2.75) is 19.3 Å². The number of aromatic hydroxyl groups is 1. The predicted molar refractivity (Wildman–Crippen MR) is 73.7 cm³/mol. The molecule has 102 valence electrons. The third kappa shape index (κ3) is 2.72. The second-order valence-electron chi connectivity index (χ2n) is 4.69. The molecule has 1 aliphatic heterocycles. The van der Waals surface area contributed by atoms with Gasteiger partial charge in [0.1, 0.15) is 0 Å². The van der Waals surface area contributed by atoms with Crippen LogP contribution in [0.5, 0.6) is 11.5 Å². The zero-order valence-corrected chi connectivity index (χ0v) is 11.2. The Morgan fingerprint density at radius 1 is 1.47 bits per heavy atom. The fourth-order valence-corrected chi connectivity index (χ4v) is 2.36. The Kier molecular flexibility index (Phi) is 4.10. The molecule has 0 atom stereocenters. The van der Waals surface area contributed by atoms with E-state index in [1.165, 1.54) is 7.11 Å². The fourth-order valence-electron chi connectivity index (χ4n) is 2.36. The van der Waals surface area contributed by atoms with E-state index in [0.29, 0.717) is 17.7 Å². The van der Waals surface area contributed by atoms with Crippen LogP contribution in [0.1, 0.15) is 28.8 Å². The smallest absolute Gasteiger partial charge is 0.257 e. The van der Waals surface area contributed by atoms with Gasteiger partial charge in [-0.05, 0) is 37.0 Å². The van der Waals surface area contributed by atoms with Crippen LogP contribution in [0.2, 0.25) is 0 Å². The Balaban J connectivity index is 2.38. The Bertz CT molecular complexity index is 490. The lowest BCUT2D eigenvalue weighted by Gasteiger charge is -2.18. The number of carbonyl (C=O) groups excluding carboxylic acids is 1. The zero-order chi connectivity index (χ0) is 13.8. The van der Waals surface area contributed by atoms with E-state index in [2.05, 4.69) is 6.58 Å². The van der Waals surface area contributed by atoms with Crippen LogP contribution in [0.4, 0.5) is 0 Å². The summed E-state index contributed by atoms with van der Waals surface area (Å²) in [6.45, 7) is 5.20. The van der Waals surface area contributed by atoms with Crippen molar-refractivity contribution in [3.63, 3.8) is 0 Å². The van der Waals surface area contributed by atoms with Crippen LogP contribution >= 0.6 is 0 Å². The summed E-state index contributed by atoms with van der Waals surface area (Å²) in [7, 11) is 1.48. The van der Waals surface area contributed by atoms with Crippen LogP contribution in [0.25, 0.3) is 0 Å². The molecule has 0 saturated carbocycles. The molecule has 1 saturated heterocycles. The highest BCUT2D eigenvalue weighted by Gasteiger charge is 2.24. The second-order valence-corrected chi connectivity index (χ2v) is 4.69. The first-order chi connectivity index (χ1) is 9.17. The number of carbonyl (C=O) groups is 1. The quantitative estimate of drug-likeness (QED) is 0.846. The summed E-state index contributed by atoms with van der Waals surface area (Å²) in [4.78, 5) is 14.1. The topological polar surface area (TPSA) is 49.8 Å². The monoisotopic (exact) mass is 261 g/mol. The van der Waals surface area contributed by atoms with Gasteiger partial charge in [0.25, 0.3) is 5.91 Å². The summed E-state index contributed by atoms with van der Waals surface area (Å²) in [5, 5.41) is 10.1. The minimum absolute atomic E-state index is 0.0767. The van der Waals surface area contributed by atoms with Gasteiger partial charge in [0.2, 0.25) is 0 Å². The van der Waals surface area contributed by atoms with E-state index in [-0.39, 0.29) is 11.7 Å². The van der Waals surface area contributed by atoms with Crippen LogP contribution in [-0.4, -0.2) is 36.1 Å². The van der Waals surface area contributed by atoms with E-state index in [1.54, 1.807) is 23.1 Å². The molecule has 0 spiro atoms. The predicted octanol–water partition coefficient (Wildman–Crippen LogP) is 2.37. The molecular weight excluding hydrogens is 242 g/mol. The highest BCUT2D eigenvalue weighted by atomic mass is 16.5. The van der Waals surface area contributed by atoms with Gasteiger partial charge >= 0.3 is 0 Å². The molecule has 0 aliphatic carbocycles. The molecule has 1 aromatic carbocycles. The van der Waals surface area contributed by atoms with E-state index in [1.807, 2.05) is 0 Å². The van der Waals surface area contributed by atoms with E-state index in [4.69, 9.17) is 4.74 Å². The number of rotatable bonds is 4. The second kappa shape index (κ2) is 5.78. The van der Waals surface area contributed by atoms with Crippen LogP contribution in [0, 0.1) is 0 Å². The number of likely N-dealkylation sites (tertiary alicyclic amines) is 1. The number of nitrogens with zero attached hydrogens (tertiary/aromatic N) is 1. The van der Waals surface area contributed by atoms with Crippen molar-refractivity contribution in [3.05, 3.63) is 35.9 Å². The first-order valence-corrected chi connectivity index (χ1v) is 6.47. The lowest BCUT2D eigenvalue weighted by atomic mass is 10.0. The molecule has 0 unspecified atom stereocenters. The van der Waals surface area contributed by atoms with Crippen LogP contribution in [0.3, 0.4) is 0 Å². The lowest BCUT2D eigenvalue weighted by molar-refractivity contribution is 0.0789. The number of phenols is 1.